The fourth-order valence-corrected chi connectivity index (χ4v) is 3.14. The molecule has 0 N–H and O–H groups in total. The molecule has 1 saturated heterocycles. The molecular formula is C16H25N3O3. The van der Waals surface area contributed by atoms with Gasteiger partial charge >= 0.3 is 5.97 Å². The van der Waals surface area contributed by atoms with E-state index in [1.54, 1.807) is 13.1 Å². The number of carbonyl (C=O) groups is 2. The van der Waals surface area contributed by atoms with E-state index in [2.05, 4.69) is 23.8 Å². The summed E-state index contributed by atoms with van der Waals surface area (Å²) in [6.07, 6.45) is 4.32. The highest BCUT2D eigenvalue weighted by atomic mass is 16.5. The second-order valence-electron chi connectivity index (χ2n) is 6.34. The maximum absolute atomic E-state index is 12.0. The number of hydrogen-bond donors (Lipinski definition) is 0. The molecule has 22 heavy (non-hydrogen) atoms. The first kappa shape index (κ1) is 16.5. The SMILES string of the molecule is COC(=O)C1CC(C(C)=O)C(C)N(c2cnn(C(C)C)c2)C1. The van der Waals surface area contributed by atoms with Gasteiger partial charge < -0.3 is 9.64 Å². The molecule has 1 fully saturated rings. The van der Waals surface area contributed by atoms with Crippen molar-refractivity contribution in [3.05, 3.63) is 12.4 Å². The van der Waals surface area contributed by atoms with E-state index in [-0.39, 0.29) is 35.7 Å². The number of methoxy groups -OCH3 is 1. The average molecular weight is 307 g/mol. The first-order valence-corrected chi connectivity index (χ1v) is 7.74. The molecular weight excluding hydrogens is 282 g/mol. The number of rotatable bonds is 4. The van der Waals surface area contributed by atoms with Gasteiger partial charge in [0.1, 0.15) is 5.78 Å². The topological polar surface area (TPSA) is 64.4 Å². The Hall–Kier alpha value is -1.85. The minimum absolute atomic E-state index is 0.0446. The van der Waals surface area contributed by atoms with Crippen LogP contribution in [0.15, 0.2) is 12.4 Å². The van der Waals surface area contributed by atoms with E-state index >= 15 is 0 Å². The van der Waals surface area contributed by atoms with Crippen LogP contribution in [0.2, 0.25) is 0 Å². The van der Waals surface area contributed by atoms with Gasteiger partial charge in [-0.25, -0.2) is 0 Å². The van der Waals surface area contributed by atoms with Crippen LogP contribution in [0.1, 0.15) is 40.2 Å². The van der Waals surface area contributed by atoms with E-state index in [1.165, 1.54) is 7.11 Å². The summed E-state index contributed by atoms with van der Waals surface area (Å²) in [5, 5.41) is 4.36. The third kappa shape index (κ3) is 3.15. The Balaban J connectivity index is 2.29. The summed E-state index contributed by atoms with van der Waals surface area (Å²) in [5.41, 5.74) is 0.945. The van der Waals surface area contributed by atoms with Gasteiger partial charge in [0.15, 0.2) is 0 Å². The molecule has 0 saturated carbocycles. The van der Waals surface area contributed by atoms with E-state index in [4.69, 9.17) is 4.74 Å². The van der Waals surface area contributed by atoms with Crippen LogP contribution in [0, 0.1) is 11.8 Å². The molecule has 0 amide bonds. The summed E-state index contributed by atoms with van der Waals surface area (Å²) in [4.78, 5) is 26.0. The van der Waals surface area contributed by atoms with Crippen LogP contribution in [0.3, 0.4) is 0 Å². The summed E-state index contributed by atoms with van der Waals surface area (Å²) in [6.45, 7) is 8.31. The van der Waals surface area contributed by atoms with E-state index in [0.29, 0.717) is 13.0 Å². The molecule has 0 radical (unpaired) electrons. The molecule has 1 aromatic rings. The van der Waals surface area contributed by atoms with Gasteiger partial charge in [0, 0.05) is 30.7 Å². The van der Waals surface area contributed by atoms with E-state index in [9.17, 15) is 9.59 Å². The van der Waals surface area contributed by atoms with Gasteiger partial charge in [0.25, 0.3) is 0 Å². The first-order valence-electron chi connectivity index (χ1n) is 7.74. The number of ether oxygens (including phenoxy) is 1. The lowest BCUT2D eigenvalue weighted by atomic mass is 9.81. The Morgan fingerprint density at radius 2 is 2.09 bits per heavy atom. The maximum atomic E-state index is 12.0. The number of ketones is 1. The summed E-state index contributed by atoms with van der Waals surface area (Å²) in [6, 6.07) is 0.317. The van der Waals surface area contributed by atoms with Crippen molar-refractivity contribution in [2.45, 2.75) is 46.2 Å². The van der Waals surface area contributed by atoms with Crippen LogP contribution in [0.5, 0.6) is 0 Å². The second kappa shape index (κ2) is 6.50. The minimum Gasteiger partial charge on any atom is -0.469 e. The third-order valence-corrected chi connectivity index (χ3v) is 4.53. The molecule has 0 aromatic carbocycles. The quantitative estimate of drug-likeness (QED) is 0.797. The van der Waals surface area contributed by atoms with Crippen molar-refractivity contribution in [1.82, 2.24) is 9.78 Å². The number of hydrogen-bond acceptors (Lipinski definition) is 5. The maximum Gasteiger partial charge on any atom is 0.310 e. The highest BCUT2D eigenvalue weighted by molar-refractivity contribution is 5.82. The number of Topliss-reactive ketones (excluding diaryl/α,β-unsaturated/α-hetero) is 1. The summed E-state index contributed by atoms with van der Waals surface area (Å²) in [7, 11) is 1.39. The van der Waals surface area contributed by atoms with Crippen molar-refractivity contribution in [1.29, 1.82) is 0 Å². The number of nitrogens with zero attached hydrogens (tertiary/aromatic N) is 3. The van der Waals surface area contributed by atoms with Crippen molar-refractivity contribution < 1.29 is 14.3 Å². The van der Waals surface area contributed by atoms with Crippen molar-refractivity contribution in [2.24, 2.45) is 11.8 Å². The zero-order valence-corrected chi connectivity index (χ0v) is 13.9. The number of esters is 1. The summed E-state index contributed by atoms with van der Waals surface area (Å²) >= 11 is 0. The van der Waals surface area contributed by atoms with Crippen molar-refractivity contribution in [2.75, 3.05) is 18.6 Å². The van der Waals surface area contributed by atoms with Crippen LogP contribution in [-0.2, 0) is 14.3 Å². The molecule has 3 atom stereocenters. The van der Waals surface area contributed by atoms with Gasteiger partial charge in [-0.1, -0.05) is 0 Å². The molecule has 6 nitrogen and oxygen atoms in total. The minimum atomic E-state index is -0.280. The highest BCUT2D eigenvalue weighted by Crippen LogP contribution is 2.33. The number of piperidine rings is 1. The van der Waals surface area contributed by atoms with Crippen LogP contribution in [0.4, 0.5) is 5.69 Å². The third-order valence-electron chi connectivity index (χ3n) is 4.53. The molecule has 0 aliphatic carbocycles. The summed E-state index contributed by atoms with van der Waals surface area (Å²) < 4.78 is 6.76. The monoisotopic (exact) mass is 307 g/mol. The Morgan fingerprint density at radius 1 is 1.41 bits per heavy atom. The van der Waals surface area contributed by atoms with E-state index < -0.39 is 0 Å². The van der Waals surface area contributed by atoms with Crippen LogP contribution in [0.25, 0.3) is 0 Å². The standard InChI is InChI=1S/C16H25N3O3/c1-10(2)19-9-14(7-17-19)18-8-13(16(21)22-5)6-15(11(18)3)12(4)20/h7,9-11,13,15H,6,8H2,1-5H3. The molecule has 1 aromatic heterocycles. The van der Waals surface area contributed by atoms with Gasteiger partial charge in [-0.15, -0.1) is 0 Å². The predicted octanol–water partition coefficient (Wildman–Crippen LogP) is 2.06. The average Bonchev–Trinajstić information content (AvgIpc) is 2.96. The molecule has 3 unspecified atom stereocenters. The Morgan fingerprint density at radius 3 is 2.59 bits per heavy atom. The second-order valence-corrected chi connectivity index (χ2v) is 6.34. The Labute approximate surface area is 131 Å². The van der Waals surface area contributed by atoms with Gasteiger partial charge in [-0.2, -0.15) is 5.10 Å². The zero-order chi connectivity index (χ0) is 16.4. The molecule has 6 heteroatoms. The first-order chi connectivity index (χ1) is 10.3. The lowest BCUT2D eigenvalue weighted by Crippen LogP contribution is -2.51. The number of anilines is 1. The highest BCUT2D eigenvalue weighted by Gasteiger charge is 2.39. The lowest BCUT2D eigenvalue weighted by Gasteiger charge is -2.42. The van der Waals surface area contributed by atoms with E-state index in [1.807, 2.05) is 17.8 Å². The van der Waals surface area contributed by atoms with Gasteiger partial charge in [-0.3, -0.25) is 14.3 Å². The lowest BCUT2D eigenvalue weighted by molar-refractivity contribution is -0.146. The Kier molecular flexibility index (Phi) is 4.88. The molecule has 0 bridgehead atoms. The predicted molar refractivity (Wildman–Crippen MR) is 83.7 cm³/mol. The molecule has 0 spiro atoms. The van der Waals surface area contributed by atoms with E-state index in [0.717, 1.165) is 5.69 Å². The Bertz CT molecular complexity index is 553. The molecule has 1 aliphatic heterocycles. The van der Waals surface area contributed by atoms with Gasteiger partial charge in [0.05, 0.1) is 24.9 Å². The largest absolute Gasteiger partial charge is 0.469 e. The fourth-order valence-electron chi connectivity index (χ4n) is 3.14. The van der Waals surface area contributed by atoms with Gasteiger partial charge in [0.2, 0.25) is 0 Å². The fraction of sp³-hybridized carbons (Fsp3) is 0.688. The number of aromatic nitrogens is 2. The summed E-state index contributed by atoms with van der Waals surface area (Å²) in [5.74, 6) is -0.584. The smallest absolute Gasteiger partial charge is 0.310 e. The molecule has 1 aliphatic rings. The van der Waals surface area contributed by atoms with Crippen LogP contribution < -0.4 is 4.90 Å². The molecule has 2 rings (SSSR count). The molecule has 2 heterocycles. The molecule has 122 valence electrons. The van der Waals surface area contributed by atoms with Crippen molar-refractivity contribution in [3.63, 3.8) is 0 Å². The number of carbonyl (C=O) groups excluding carboxylic acids is 2. The van der Waals surface area contributed by atoms with Crippen LogP contribution in [-0.4, -0.2) is 41.2 Å². The van der Waals surface area contributed by atoms with Gasteiger partial charge in [-0.05, 0) is 34.1 Å². The van der Waals surface area contributed by atoms with Crippen LogP contribution >= 0.6 is 0 Å². The zero-order valence-electron chi connectivity index (χ0n) is 13.9. The van der Waals surface area contributed by atoms with Crippen molar-refractivity contribution in [3.8, 4) is 0 Å². The normalized spacial score (nSPS) is 25.4. The van der Waals surface area contributed by atoms with Crippen molar-refractivity contribution >= 4 is 17.4 Å².